The minimum atomic E-state index is -0.309. The van der Waals surface area contributed by atoms with Crippen molar-refractivity contribution in [1.82, 2.24) is 8.96 Å². The number of hydrogen-bond donors (Lipinski definition) is 2. The molecule has 0 aromatic heterocycles. The van der Waals surface area contributed by atoms with Gasteiger partial charge in [0, 0.05) is 10.6 Å². The molecule has 4 nitrogen and oxygen atoms in total. The molecule has 0 spiro atoms. The van der Waals surface area contributed by atoms with Gasteiger partial charge in [0.15, 0.2) is 0 Å². The van der Waals surface area contributed by atoms with E-state index in [1.54, 1.807) is 29.1 Å². The lowest BCUT2D eigenvalue weighted by Gasteiger charge is -1.91. The largest absolute Gasteiger partial charge is 0.343 e. The van der Waals surface area contributed by atoms with Crippen LogP contribution in [0.15, 0.2) is 5.10 Å². The van der Waals surface area contributed by atoms with Gasteiger partial charge in [0.05, 0.1) is 22.9 Å². The Morgan fingerprint density at radius 3 is 2.89 bits per heavy atom. The molecule has 0 aromatic carbocycles. The SMILES string of the molecule is O=C(NI)N/N=C/CI. The van der Waals surface area contributed by atoms with Gasteiger partial charge in [0.2, 0.25) is 0 Å². The van der Waals surface area contributed by atoms with Crippen molar-refractivity contribution < 1.29 is 4.79 Å². The van der Waals surface area contributed by atoms with Gasteiger partial charge in [-0.15, -0.1) is 0 Å². The summed E-state index contributed by atoms with van der Waals surface area (Å²) < 4.78 is 3.12. The molecule has 0 aliphatic rings. The molecule has 0 unspecified atom stereocenters. The Kier molecular flexibility index (Phi) is 6.81. The maximum atomic E-state index is 10.3. The first kappa shape index (κ1) is 9.40. The van der Waals surface area contributed by atoms with E-state index in [-0.39, 0.29) is 6.03 Å². The first-order valence-corrected chi connectivity index (χ1v) is 4.65. The molecular weight excluding hydrogens is 348 g/mol. The molecule has 0 fully saturated rings. The van der Waals surface area contributed by atoms with E-state index in [2.05, 4.69) is 36.6 Å². The van der Waals surface area contributed by atoms with Crippen LogP contribution in [0.5, 0.6) is 0 Å². The smallest absolute Gasteiger partial charge is 0.279 e. The van der Waals surface area contributed by atoms with Crippen LogP contribution in [0.2, 0.25) is 0 Å². The molecule has 6 heteroatoms. The predicted molar refractivity (Wildman–Crippen MR) is 53.1 cm³/mol. The van der Waals surface area contributed by atoms with Crippen molar-refractivity contribution in [3.8, 4) is 0 Å². The summed E-state index contributed by atoms with van der Waals surface area (Å²) in [6, 6.07) is -0.309. The summed E-state index contributed by atoms with van der Waals surface area (Å²) in [6.45, 7) is 0. The van der Waals surface area contributed by atoms with Crippen LogP contribution in [0.25, 0.3) is 0 Å². The minimum absolute atomic E-state index is 0.309. The minimum Gasteiger partial charge on any atom is -0.279 e. The second kappa shape index (κ2) is 6.52. The van der Waals surface area contributed by atoms with Crippen LogP contribution < -0.4 is 8.96 Å². The summed E-state index contributed by atoms with van der Waals surface area (Å²) in [5.74, 6) is 0. The molecular formula is C3H5I2N3O. The lowest BCUT2D eigenvalue weighted by molar-refractivity contribution is 0.248. The number of hydrazone groups is 1. The molecule has 2 N–H and O–H groups in total. The molecule has 0 atom stereocenters. The number of carbonyl (C=O) groups excluding carboxylic acids is 1. The Balaban J connectivity index is 3.26. The first-order chi connectivity index (χ1) is 4.31. The van der Waals surface area contributed by atoms with Gasteiger partial charge < -0.3 is 0 Å². The van der Waals surface area contributed by atoms with Gasteiger partial charge >= 0.3 is 6.03 Å². The van der Waals surface area contributed by atoms with Crippen LogP contribution in [-0.2, 0) is 0 Å². The van der Waals surface area contributed by atoms with E-state index in [0.29, 0.717) is 0 Å². The molecule has 52 valence electrons. The maximum Gasteiger partial charge on any atom is 0.343 e. The number of urea groups is 1. The number of carbonyl (C=O) groups is 1. The van der Waals surface area contributed by atoms with Gasteiger partial charge in [0.25, 0.3) is 0 Å². The molecule has 0 radical (unpaired) electrons. The van der Waals surface area contributed by atoms with Crippen molar-refractivity contribution in [3.05, 3.63) is 0 Å². The average molecular weight is 353 g/mol. The van der Waals surface area contributed by atoms with E-state index < -0.39 is 0 Å². The van der Waals surface area contributed by atoms with Gasteiger partial charge in [-0.3, -0.25) is 3.53 Å². The average Bonchev–Trinajstić information content (AvgIpc) is 1.89. The third kappa shape index (κ3) is 6.28. The molecule has 0 bridgehead atoms. The third-order valence-corrected chi connectivity index (χ3v) is 1.30. The highest BCUT2D eigenvalue weighted by molar-refractivity contribution is 14.1. The van der Waals surface area contributed by atoms with Gasteiger partial charge in [0.1, 0.15) is 0 Å². The van der Waals surface area contributed by atoms with E-state index in [9.17, 15) is 4.79 Å². The number of nitrogens with zero attached hydrogens (tertiary/aromatic N) is 1. The molecule has 0 heterocycles. The Bertz CT molecular complexity index is 116. The molecule has 0 aliphatic carbocycles. The zero-order valence-corrected chi connectivity index (χ0v) is 8.71. The number of hydrogen-bond acceptors (Lipinski definition) is 2. The van der Waals surface area contributed by atoms with Crippen molar-refractivity contribution in [3.63, 3.8) is 0 Å². The summed E-state index contributed by atoms with van der Waals surface area (Å²) >= 11 is 3.85. The van der Waals surface area contributed by atoms with Crippen molar-refractivity contribution >= 4 is 57.7 Å². The van der Waals surface area contributed by atoms with Crippen LogP contribution >= 0.6 is 45.5 Å². The summed E-state index contributed by atoms with van der Waals surface area (Å²) in [5.41, 5.74) is 2.24. The molecule has 0 saturated heterocycles. The standard InChI is InChI=1S/C3H5I2N3O/c4-1-2-6-8-3(9)7-5/h2H,1H2,(H2,7,8,9)/b6-2+. The molecule has 0 aliphatic heterocycles. The predicted octanol–water partition coefficient (Wildman–Crippen LogP) is 1.06. The Labute approximate surface area is 80.5 Å². The van der Waals surface area contributed by atoms with Crippen LogP contribution in [0.1, 0.15) is 0 Å². The second-order valence-corrected chi connectivity index (χ2v) is 2.42. The number of alkyl halides is 1. The van der Waals surface area contributed by atoms with Crippen LogP contribution in [0.3, 0.4) is 0 Å². The van der Waals surface area contributed by atoms with E-state index in [1.807, 2.05) is 0 Å². The van der Waals surface area contributed by atoms with Crippen molar-refractivity contribution in [1.29, 1.82) is 0 Å². The van der Waals surface area contributed by atoms with E-state index in [0.717, 1.165) is 4.43 Å². The second-order valence-electron chi connectivity index (χ2n) is 1.00. The highest BCUT2D eigenvalue weighted by Crippen LogP contribution is 1.74. The highest BCUT2D eigenvalue weighted by atomic mass is 127. The monoisotopic (exact) mass is 353 g/mol. The fourth-order valence-electron chi connectivity index (χ4n) is 0.160. The summed E-state index contributed by atoms with van der Waals surface area (Å²) in [4.78, 5) is 10.3. The fraction of sp³-hybridized carbons (Fsp3) is 0.333. The molecule has 0 aromatic rings. The quantitative estimate of drug-likeness (QED) is 0.252. The van der Waals surface area contributed by atoms with Crippen molar-refractivity contribution in [2.75, 3.05) is 4.43 Å². The lowest BCUT2D eigenvalue weighted by Crippen LogP contribution is -2.24. The van der Waals surface area contributed by atoms with E-state index in [1.165, 1.54) is 0 Å². The lowest BCUT2D eigenvalue weighted by atomic mass is 10.9. The summed E-state index contributed by atoms with van der Waals surface area (Å²) in [5, 5.41) is 3.56. The van der Waals surface area contributed by atoms with E-state index >= 15 is 0 Å². The number of nitrogens with one attached hydrogen (secondary N) is 2. The van der Waals surface area contributed by atoms with Crippen LogP contribution in [-0.4, -0.2) is 16.7 Å². The molecule has 2 amide bonds. The van der Waals surface area contributed by atoms with Crippen LogP contribution in [0.4, 0.5) is 4.79 Å². The van der Waals surface area contributed by atoms with Crippen molar-refractivity contribution in [2.24, 2.45) is 5.10 Å². The number of amides is 2. The Hall–Kier alpha value is 0.400. The normalized spacial score (nSPS) is 9.56. The zero-order valence-electron chi connectivity index (χ0n) is 4.40. The summed E-state index contributed by atoms with van der Waals surface area (Å²) in [7, 11) is 0. The summed E-state index contributed by atoms with van der Waals surface area (Å²) in [6.07, 6.45) is 1.60. The van der Waals surface area contributed by atoms with E-state index in [4.69, 9.17) is 0 Å². The van der Waals surface area contributed by atoms with Gasteiger partial charge in [-0.1, -0.05) is 22.6 Å². The first-order valence-electron chi connectivity index (χ1n) is 2.05. The van der Waals surface area contributed by atoms with Gasteiger partial charge in [-0.25, -0.2) is 10.2 Å². The van der Waals surface area contributed by atoms with Gasteiger partial charge in [-0.05, 0) is 0 Å². The number of rotatable bonds is 2. The topological polar surface area (TPSA) is 53.5 Å². The zero-order chi connectivity index (χ0) is 7.11. The Morgan fingerprint density at radius 1 is 1.78 bits per heavy atom. The van der Waals surface area contributed by atoms with Crippen LogP contribution in [0, 0.1) is 0 Å². The van der Waals surface area contributed by atoms with Crippen molar-refractivity contribution in [2.45, 2.75) is 0 Å². The maximum absolute atomic E-state index is 10.3. The highest BCUT2D eigenvalue weighted by Gasteiger charge is 1.88. The van der Waals surface area contributed by atoms with Gasteiger partial charge in [-0.2, -0.15) is 5.10 Å². The number of halogens is 2. The third-order valence-electron chi connectivity index (χ3n) is 0.412. The molecule has 0 rings (SSSR count). The Morgan fingerprint density at radius 2 is 2.44 bits per heavy atom. The molecule has 0 saturated carbocycles. The fourth-order valence-corrected chi connectivity index (χ4v) is 0.477. The molecule has 9 heavy (non-hydrogen) atoms.